The molecule has 0 radical (unpaired) electrons. The summed E-state index contributed by atoms with van der Waals surface area (Å²) in [5.74, 6) is 0. The van der Waals surface area contributed by atoms with Crippen LogP contribution in [0.5, 0.6) is 0 Å². The minimum atomic E-state index is -0.195. The van der Waals surface area contributed by atoms with Crippen molar-refractivity contribution < 1.29 is 0 Å². The number of benzene rings is 1. The molecule has 3 rings (SSSR count). The van der Waals surface area contributed by atoms with Crippen LogP contribution in [0.1, 0.15) is 5.69 Å². The van der Waals surface area contributed by atoms with Crippen molar-refractivity contribution in [2.75, 3.05) is 5.73 Å². The van der Waals surface area contributed by atoms with Crippen molar-refractivity contribution >= 4 is 49.3 Å². The van der Waals surface area contributed by atoms with Crippen LogP contribution in [0.2, 0.25) is 0 Å². The second-order valence-corrected chi connectivity index (χ2v) is 5.03. The molecule has 0 aliphatic carbocycles. The van der Waals surface area contributed by atoms with E-state index < -0.39 is 0 Å². The van der Waals surface area contributed by atoms with E-state index in [1.807, 2.05) is 18.3 Å². The molecule has 2 aromatic rings. The maximum atomic E-state index is 5.90. The number of nitrogens with two attached hydrogens (primary N) is 1. The van der Waals surface area contributed by atoms with Crippen LogP contribution in [0.15, 0.2) is 31.6 Å². The lowest BCUT2D eigenvalue weighted by Crippen LogP contribution is -1.90. The van der Waals surface area contributed by atoms with Gasteiger partial charge < -0.3 is 5.73 Å². The quantitative estimate of drug-likeness (QED) is 0.597. The molecule has 0 atom stereocenters. The highest BCUT2D eigenvalue weighted by Gasteiger charge is 2.09. The Morgan fingerprint density at radius 1 is 1.20 bits per heavy atom. The van der Waals surface area contributed by atoms with Gasteiger partial charge in [0, 0.05) is 43.7 Å². The molecule has 3 nitrogen and oxygen atoms in total. The summed E-state index contributed by atoms with van der Waals surface area (Å²) in [6, 6.07) is 5.91. The average molecular weight is 309 g/mol. The van der Waals surface area contributed by atoms with Gasteiger partial charge in [0.1, 0.15) is 5.69 Å². The summed E-state index contributed by atoms with van der Waals surface area (Å²) in [6.07, 6.45) is 3.88. The van der Waals surface area contributed by atoms with Gasteiger partial charge in [-0.2, -0.15) is 0 Å². The van der Waals surface area contributed by atoms with Gasteiger partial charge in [-0.25, -0.2) is 3.15 Å². The van der Waals surface area contributed by atoms with Crippen molar-refractivity contribution in [3.8, 4) is 0 Å². The topological polar surface area (TPSA) is 51.3 Å². The normalized spacial score (nSPS) is 13.6. The summed E-state index contributed by atoms with van der Waals surface area (Å²) < 4.78 is 6.68. The number of anilines is 1. The zero-order valence-electron chi connectivity index (χ0n) is 7.81. The van der Waals surface area contributed by atoms with Crippen LogP contribution < -0.4 is 5.73 Å². The van der Waals surface area contributed by atoms with Gasteiger partial charge in [-0.3, -0.25) is 4.98 Å². The molecule has 0 saturated heterocycles. The van der Waals surface area contributed by atoms with Gasteiger partial charge in [-0.05, 0) is 16.2 Å². The predicted octanol–water partition coefficient (Wildman–Crippen LogP) is 3.59. The van der Waals surface area contributed by atoms with Crippen molar-refractivity contribution in [2.24, 2.45) is 3.15 Å². The summed E-state index contributed by atoms with van der Waals surface area (Å²) in [4.78, 5) is 4.37. The Labute approximate surface area is 97.2 Å². The number of hydrogen-bond acceptors (Lipinski definition) is 3. The molecule has 15 heavy (non-hydrogen) atoms. The third-order valence-electron chi connectivity index (χ3n) is 2.38. The van der Waals surface area contributed by atoms with Crippen molar-refractivity contribution in [3.63, 3.8) is 0 Å². The summed E-state index contributed by atoms with van der Waals surface area (Å²) >= 11 is -0.195. The van der Waals surface area contributed by atoms with Crippen LogP contribution in [0.3, 0.4) is 0 Å². The zero-order chi connectivity index (χ0) is 10.3. The Hall–Kier alpha value is -1.30. The van der Waals surface area contributed by atoms with Gasteiger partial charge in [0.25, 0.3) is 0 Å². The standard InChI is InChI=1S/C11H8IN3/c13-9-3-1-2-7-8(9)6-14-10-4-5-12-15-11(7)10/h1-6H,13H2. The molecule has 0 spiro atoms. The average Bonchev–Trinajstić information content (AvgIpc) is 2.29. The van der Waals surface area contributed by atoms with Crippen LogP contribution >= 0.6 is 21.0 Å². The van der Waals surface area contributed by atoms with Crippen molar-refractivity contribution in [1.29, 1.82) is 0 Å². The smallest absolute Gasteiger partial charge is 0.103 e. The van der Waals surface area contributed by atoms with Gasteiger partial charge in [0.2, 0.25) is 0 Å². The molecule has 4 heteroatoms. The molecule has 0 saturated carbocycles. The fourth-order valence-electron chi connectivity index (χ4n) is 1.64. The van der Waals surface area contributed by atoms with Gasteiger partial charge >= 0.3 is 0 Å². The Morgan fingerprint density at radius 3 is 3.07 bits per heavy atom. The van der Waals surface area contributed by atoms with E-state index in [0.717, 1.165) is 27.8 Å². The van der Waals surface area contributed by atoms with E-state index in [0.29, 0.717) is 0 Å². The summed E-state index contributed by atoms with van der Waals surface area (Å²) in [6.45, 7) is 0. The largest absolute Gasteiger partial charge is 0.398 e. The van der Waals surface area contributed by atoms with Gasteiger partial charge in [0.05, 0.1) is 5.69 Å². The van der Waals surface area contributed by atoms with Crippen molar-refractivity contribution in [1.82, 2.24) is 4.98 Å². The van der Waals surface area contributed by atoms with E-state index in [1.165, 1.54) is 0 Å². The molecule has 0 amide bonds. The van der Waals surface area contributed by atoms with Gasteiger partial charge in [-0.1, -0.05) is 12.1 Å². The van der Waals surface area contributed by atoms with Crippen LogP contribution in [0.4, 0.5) is 11.4 Å². The van der Waals surface area contributed by atoms with Crippen LogP contribution in [0.25, 0.3) is 16.8 Å². The number of aromatic nitrogens is 1. The summed E-state index contributed by atoms with van der Waals surface area (Å²) in [7, 11) is 0. The molecule has 0 unspecified atom stereocenters. The first kappa shape index (κ1) is 8.96. The van der Waals surface area contributed by atoms with E-state index in [-0.39, 0.29) is 21.0 Å². The fraction of sp³-hybridized carbons (Fsp3) is 0. The first-order valence-corrected chi connectivity index (χ1v) is 6.75. The molecule has 0 fully saturated rings. The zero-order valence-corrected chi connectivity index (χ0v) is 9.97. The lowest BCUT2D eigenvalue weighted by Gasteiger charge is -2.08. The number of pyridine rings is 1. The summed E-state index contributed by atoms with van der Waals surface area (Å²) in [5.41, 5.74) is 8.63. The molecule has 1 aliphatic heterocycles. The van der Waals surface area contributed by atoms with E-state index in [9.17, 15) is 0 Å². The highest BCUT2D eigenvalue weighted by molar-refractivity contribution is 14.2. The molecule has 1 aromatic carbocycles. The second-order valence-electron chi connectivity index (χ2n) is 3.28. The van der Waals surface area contributed by atoms with E-state index >= 15 is 0 Å². The fourth-order valence-corrected chi connectivity index (χ4v) is 3.09. The second kappa shape index (κ2) is 3.37. The van der Waals surface area contributed by atoms with Crippen LogP contribution in [0, 0.1) is 0 Å². The van der Waals surface area contributed by atoms with E-state index in [1.54, 1.807) is 0 Å². The minimum absolute atomic E-state index is 0.195. The third-order valence-corrected chi connectivity index (χ3v) is 3.82. The number of halogens is 1. The molecular weight excluding hydrogens is 301 g/mol. The lowest BCUT2D eigenvalue weighted by molar-refractivity contribution is 1.31. The SMILES string of the molecule is Nc1cccc2c3c(ncc12)C=CI=N3. The monoisotopic (exact) mass is 309 g/mol. The molecule has 1 aromatic heterocycles. The number of fused-ring (bicyclic) bond motifs is 3. The first-order valence-electron chi connectivity index (χ1n) is 4.54. The van der Waals surface area contributed by atoms with E-state index in [4.69, 9.17) is 5.73 Å². The molecule has 74 valence electrons. The molecule has 2 N–H and O–H groups in total. The van der Waals surface area contributed by atoms with Gasteiger partial charge in [0.15, 0.2) is 0 Å². The number of nitrogen functional groups attached to an aromatic ring is 1. The molecular formula is C11H8IN3. The van der Waals surface area contributed by atoms with Gasteiger partial charge in [-0.15, -0.1) is 0 Å². The maximum absolute atomic E-state index is 5.90. The maximum Gasteiger partial charge on any atom is 0.103 e. The number of nitrogens with zero attached hydrogens (tertiary/aromatic N) is 2. The highest BCUT2D eigenvalue weighted by atomic mass is 127. The Bertz CT molecular complexity index is 602. The molecule has 1 aliphatic rings. The Balaban J connectivity index is 2.48. The van der Waals surface area contributed by atoms with Crippen molar-refractivity contribution in [3.05, 3.63) is 34.2 Å². The molecule has 2 heterocycles. The van der Waals surface area contributed by atoms with E-state index in [2.05, 4.69) is 24.4 Å². The Morgan fingerprint density at radius 2 is 2.13 bits per heavy atom. The minimum Gasteiger partial charge on any atom is -0.398 e. The number of hydrogen-bond donors (Lipinski definition) is 1. The van der Waals surface area contributed by atoms with Crippen LogP contribution in [-0.4, -0.2) is 4.98 Å². The summed E-state index contributed by atoms with van der Waals surface area (Å²) in [5, 5.41) is 2.11. The van der Waals surface area contributed by atoms with Crippen LogP contribution in [-0.2, 0) is 0 Å². The first-order chi connectivity index (χ1) is 7.36. The van der Waals surface area contributed by atoms with Crippen molar-refractivity contribution in [2.45, 2.75) is 0 Å². The molecule has 0 bridgehead atoms. The number of rotatable bonds is 0. The Kier molecular flexibility index (Phi) is 2.02. The highest BCUT2D eigenvalue weighted by Crippen LogP contribution is 2.37. The predicted molar refractivity (Wildman–Crippen MR) is 71.3 cm³/mol. The lowest BCUT2D eigenvalue weighted by atomic mass is 10.1. The third kappa shape index (κ3) is 1.36.